The van der Waals surface area contributed by atoms with Crippen molar-refractivity contribution in [2.45, 2.75) is 47.0 Å². The van der Waals surface area contributed by atoms with E-state index in [1.54, 1.807) is 0 Å². The lowest BCUT2D eigenvalue weighted by Gasteiger charge is -2.26. The van der Waals surface area contributed by atoms with Gasteiger partial charge >= 0.3 is 0 Å². The molecule has 3 N–H and O–H groups in total. The molecule has 1 aromatic carbocycles. The zero-order valence-electron chi connectivity index (χ0n) is 12.3. The average molecular weight is 260 g/mol. The van der Waals surface area contributed by atoms with E-state index in [-0.39, 0.29) is 17.2 Å². The normalized spacial score (nSPS) is 21.4. The minimum absolute atomic E-state index is 0.0896. The lowest BCUT2D eigenvalue weighted by Crippen LogP contribution is -2.31. The molecule has 2 rings (SSSR count). The van der Waals surface area contributed by atoms with Crippen molar-refractivity contribution in [3.05, 3.63) is 23.3 Å². The molecule has 1 unspecified atom stereocenters. The van der Waals surface area contributed by atoms with Gasteiger partial charge in [0.05, 0.1) is 11.4 Å². The third-order valence-corrected chi connectivity index (χ3v) is 4.59. The highest BCUT2D eigenvalue weighted by Crippen LogP contribution is 2.43. The number of hydrogen-bond acceptors (Lipinski definition) is 2. The maximum atomic E-state index is 12.5. The van der Waals surface area contributed by atoms with E-state index in [2.05, 4.69) is 19.2 Å². The molecule has 1 atom stereocenters. The molecular formula is C16H24N2O. The summed E-state index contributed by atoms with van der Waals surface area (Å²) in [7, 11) is 0. The number of anilines is 2. The second-order valence-electron chi connectivity index (χ2n) is 6.39. The number of nitrogens with two attached hydrogens (primary N) is 1. The summed E-state index contributed by atoms with van der Waals surface area (Å²) in [5.41, 5.74) is 9.72. The second-order valence-corrected chi connectivity index (χ2v) is 6.39. The van der Waals surface area contributed by atoms with Crippen LogP contribution in [0.5, 0.6) is 0 Å². The van der Waals surface area contributed by atoms with E-state index in [0.717, 1.165) is 36.1 Å². The van der Waals surface area contributed by atoms with E-state index in [1.165, 1.54) is 0 Å². The summed E-state index contributed by atoms with van der Waals surface area (Å²) >= 11 is 0. The maximum absolute atomic E-state index is 12.5. The highest BCUT2D eigenvalue weighted by molar-refractivity contribution is 5.97. The van der Waals surface area contributed by atoms with Gasteiger partial charge in [0.15, 0.2) is 0 Å². The first-order chi connectivity index (χ1) is 8.83. The summed E-state index contributed by atoms with van der Waals surface area (Å²) in [4.78, 5) is 12.5. The zero-order chi connectivity index (χ0) is 14.2. The summed E-state index contributed by atoms with van der Waals surface area (Å²) < 4.78 is 0. The van der Waals surface area contributed by atoms with Crippen LogP contribution in [-0.2, 0) is 4.79 Å². The van der Waals surface area contributed by atoms with Crippen LogP contribution in [-0.4, -0.2) is 5.91 Å². The van der Waals surface area contributed by atoms with Gasteiger partial charge in [0, 0.05) is 5.92 Å². The van der Waals surface area contributed by atoms with Gasteiger partial charge in [-0.25, -0.2) is 0 Å². The molecule has 1 fully saturated rings. The topological polar surface area (TPSA) is 55.1 Å². The van der Waals surface area contributed by atoms with E-state index in [9.17, 15) is 4.79 Å². The van der Waals surface area contributed by atoms with Crippen molar-refractivity contribution >= 4 is 17.3 Å². The van der Waals surface area contributed by atoms with Crippen LogP contribution in [0.2, 0.25) is 0 Å². The van der Waals surface area contributed by atoms with Crippen LogP contribution in [0.3, 0.4) is 0 Å². The highest BCUT2D eigenvalue weighted by Gasteiger charge is 2.39. The van der Waals surface area contributed by atoms with Crippen molar-refractivity contribution in [1.29, 1.82) is 0 Å². The smallest absolute Gasteiger partial charge is 0.228 e. The zero-order valence-corrected chi connectivity index (χ0v) is 12.3. The largest absolute Gasteiger partial charge is 0.397 e. The van der Waals surface area contributed by atoms with Crippen LogP contribution in [0.1, 0.15) is 44.2 Å². The van der Waals surface area contributed by atoms with Gasteiger partial charge in [0.25, 0.3) is 0 Å². The SMILES string of the molecule is Cc1ccc(N)c(NC(=O)C2CCCC2(C)C)c1C. The van der Waals surface area contributed by atoms with E-state index in [1.807, 2.05) is 26.0 Å². The van der Waals surface area contributed by atoms with Crippen molar-refractivity contribution < 1.29 is 4.79 Å². The number of carbonyl (C=O) groups excluding carboxylic acids is 1. The Bertz CT molecular complexity index is 506. The Morgan fingerprint density at radius 2 is 2.05 bits per heavy atom. The molecular weight excluding hydrogens is 236 g/mol. The number of aryl methyl sites for hydroxylation is 1. The average Bonchev–Trinajstić information content (AvgIpc) is 2.69. The minimum Gasteiger partial charge on any atom is -0.397 e. The van der Waals surface area contributed by atoms with Crippen LogP contribution in [0.25, 0.3) is 0 Å². The fourth-order valence-corrected chi connectivity index (χ4v) is 3.03. The number of hydrogen-bond donors (Lipinski definition) is 2. The molecule has 1 amide bonds. The summed E-state index contributed by atoms with van der Waals surface area (Å²) in [5, 5.41) is 3.05. The second kappa shape index (κ2) is 4.87. The van der Waals surface area contributed by atoms with Crippen molar-refractivity contribution in [3.8, 4) is 0 Å². The van der Waals surface area contributed by atoms with Crippen LogP contribution in [0, 0.1) is 25.2 Å². The van der Waals surface area contributed by atoms with Crippen molar-refractivity contribution in [3.63, 3.8) is 0 Å². The van der Waals surface area contributed by atoms with E-state index in [0.29, 0.717) is 5.69 Å². The Labute approximate surface area is 115 Å². The number of benzene rings is 1. The number of nitrogens with one attached hydrogen (secondary N) is 1. The van der Waals surface area contributed by atoms with Gasteiger partial charge in [-0.2, -0.15) is 0 Å². The van der Waals surface area contributed by atoms with E-state index in [4.69, 9.17) is 5.73 Å². The number of carbonyl (C=O) groups is 1. The number of amides is 1. The summed E-state index contributed by atoms with van der Waals surface area (Å²) in [5.74, 6) is 0.203. The van der Waals surface area contributed by atoms with Gasteiger partial charge in [-0.3, -0.25) is 4.79 Å². The highest BCUT2D eigenvalue weighted by atomic mass is 16.1. The van der Waals surface area contributed by atoms with Gasteiger partial charge in [0.2, 0.25) is 5.91 Å². The molecule has 0 radical (unpaired) electrons. The van der Waals surface area contributed by atoms with Crippen LogP contribution >= 0.6 is 0 Å². The Kier molecular flexibility index (Phi) is 3.57. The molecule has 1 aromatic rings. The summed E-state index contributed by atoms with van der Waals surface area (Å²) in [6.07, 6.45) is 3.23. The van der Waals surface area contributed by atoms with Crippen molar-refractivity contribution in [2.24, 2.45) is 11.3 Å². The Morgan fingerprint density at radius 1 is 1.37 bits per heavy atom. The van der Waals surface area contributed by atoms with Crippen molar-refractivity contribution in [1.82, 2.24) is 0 Å². The molecule has 3 nitrogen and oxygen atoms in total. The molecule has 1 aliphatic rings. The fourth-order valence-electron chi connectivity index (χ4n) is 3.03. The quantitative estimate of drug-likeness (QED) is 0.797. The first-order valence-electron chi connectivity index (χ1n) is 6.99. The van der Waals surface area contributed by atoms with Gasteiger partial charge < -0.3 is 11.1 Å². The molecule has 3 heteroatoms. The first kappa shape index (κ1) is 13.9. The number of rotatable bonds is 2. The van der Waals surface area contributed by atoms with E-state index < -0.39 is 0 Å². The molecule has 0 bridgehead atoms. The molecule has 0 aliphatic heterocycles. The first-order valence-corrected chi connectivity index (χ1v) is 6.99. The molecule has 0 aromatic heterocycles. The third kappa shape index (κ3) is 2.60. The predicted molar refractivity (Wildman–Crippen MR) is 80.1 cm³/mol. The Morgan fingerprint density at radius 3 is 2.63 bits per heavy atom. The molecule has 0 spiro atoms. The van der Waals surface area contributed by atoms with Gasteiger partial charge in [-0.15, -0.1) is 0 Å². The van der Waals surface area contributed by atoms with Gasteiger partial charge in [-0.05, 0) is 49.3 Å². The molecule has 1 saturated carbocycles. The standard InChI is InChI=1S/C16H24N2O/c1-10-7-8-13(17)14(11(10)2)18-15(19)12-6-5-9-16(12,3)4/h7-8,12H,5-6,9,17H2,1-4H3,(H,18,19). The molecule has 0 heterocycles. The third-order valence-electron chi connectivity index (χ3n) is 4.59. The lowest BCUT2D eigenvalue weighted by atomic mass is 9.81. The maximum Gasteiger partial charge on any atom is 0.228 e. The van der Waals surface area contributed by atoms with Gasteiger partial charge in [-0.1, -0.05) is 26.3 Å². The van der Waals surface area contributed by atoms with Crippen molar-refractivity contribution in [2.75, 3.05) is 11.1 Å². The Balaban J connectivity index is 2.23. The van der Waals surface area contributed by atoms with E-state index >= 15 is 0 Å². The number of nitrogen functional groups attached to an aromatic ring is 1. The molecule has 0 saturated heterocycles. The predicted octanol–water partition coefficient (Wildman–Crippen LogP) is 3.65. The molecule has 1 aliphatic carbocycles. The van der Waals surface area contributed by atoms with Crippen LogP contribution in [0.4, 0.5) is 11.4 Å². The fraction of sp³-hybridized carbons (Fsp3) is 0.562. The minimum atomic E-state index is 0.0896. The Hall–Kier alpha value is -1.51. The van der Waals surface area contributed by atoms with Gasteiger partial charge in [0.1, 0.15) is 0 Å². The molecule has 19 heavy (non-hydrogen) atoms. The summed E-state index contributed by atoms with van der Waals surface area (Å²) in [6.45, 7) is 8.39. The monoisotopic (exact) mass is 260 g/mol. The lowest BCUT2D eigenvalue weighted by molar-refractivity contribution is -0.122. The van der Waals surface area contributed by atoms with Crippen LogP contribution < -0.4 is 11.1 Å². The molecule has 104 valence electrons. The summed E-state index contributed by atoms with van der Waals surface area (Å²) in [6, 6.07) is 3.84. The van der Waals surface area contributed by atoms with Crippen LogP contribution in [0.15, 0.2) is 12.1 Å².